The normalized spacial score (nSPS) is 11.6. The predicted molar refractivity (Wildman–Crippen MR) is 119 cm³/mol. The van der Waals surface area contributed by atoms with Crippen molar-refractivity contribution in [3.8, 4) is 5.75 Å². The zero-order chi connectivity index (χ0) is 19.8. The van der Waals surface area contributed by atoms with Crippen LogP contribution >= 0.6 is 0 Å². The molecule has 0 fully saturated rings. The van der Waals surface area contributed by atoms with Gasteiger partial charge in [-0.1, -0.05) is 86.1 Å². The van der Waals surface area contributed by atoms with Crippen LogP contribution in [0.25, 0.3) is 11.1 Å². The Labute approximate surface area is 168 Å². The molecule has 0 heterocycles. The Morgan fingerprint density at radius 3 is 1.86 bits per heavy atom. The lowest BCUT2D eigenvalue weighted by Gasteiger charge is -2.18. The molecule has 142 valence electrons. The molecule has 3 aromatic rings. The van der Waals surface area contributed by atoms with Crippen molar-refractivity contribution in [3.05, 3.63) is 114 Å². The van der Waals surface area contributed by atoms with E-state index in [0.29, 0.717) is 5.75 Å². The number of rotatable bonds is 8. The highest BCUT2D eigenvalue weighted by atomic mass is 16.5. The third-order valence-corrected chi connectivity index (χ3v) is 4.66. The molecule has 2 nitrogen and oxygen atoms in total. The molecule has 0 atom stereocenters. The number of hydrogen-bond donors (Lipinski definition) is 1. The first-order valence-corrected chi connectivity index (χ1v) is 9.75. The lowest BCUT2D eigenvalue weighted by atomic mass is 9.87. The van der Waals surface area contributed by atoms with E-state index in [1.165, 1.54) is 22.3 Å². The summed E-state index contributed by atoms with van der Waals surface area (Å²) >= 11 is 0. The highest BCUT2D eigenvalue weighted by Gasteiger charge is 2.14. The molecule has 0 spiro atoms. The minimum Gasteiger partial charge on any atom is -0.442 e. The van der Waals surface area contributed by atoms with Gasteiger partial charge in [0.2, 0.25) is 0 Å². The van der Waals surface area contributed by atoms with Crippen LogP contribution in [0.2, 0.25) is 0 Å². The first-order chi connectivity index (χ1) is 13.7. The van der Waals surface area contributed by atoms with Gasteiger partial charge < -0.3 is 10.5 Å². The molecule has 0 aliphatic carbocycles. The molecule has 0 aliphatic rings. The molecule has 2 heteroatoms. The molecule has 0 radical (unpaired) electrons. The highest BCUT2D eigenvalue weighted by Crippen LogP contribution is 2.36. The molecule has 0 saturated heterocycles. The second-order valence-corrected chi connectivity index (χ2v) is 6.78. The van der Waals surface area contributed by atoms with Gasteiger partial charge in [0.15, 0.2) is 5.88 Å². The van der Waals surface area contributed by atoms with Crippen molar-refractivity contribution in [2.24, 2.45) is 5.73 Å². The topological polar surface area (TPSA) is 35.2 Å². The molecule has 0 unspecified atom stereocenters. The molecule has 2 N–H and O–H groups in total. The van der Waals surface area contributed by atoms with Crippen molar-refractivity contribution in [2.75, 3.05) is 0 Å². The summed E-state index contributed by atoms with van der Waals surface area (Å²) in [5, 5.41) is 0. The summed E-state index contributed by atoms with van der Waals surface area (Å²) in [6.45, 7) is 5.84. The average molecular weight is 370 g/mol. The second kappa shape index (κ2) is 9.61. The number of allylic oxidation sites excluding steroid dienone is 1. The Balaban J connectivity index is 2.17. The maximum absolute atomic E-state index is 5.57. The van der Waals surface area contributed by atoms with Crippen LogP contribution in [0.15, 0.2) is 97.4 Å². The summed E-state index contributed by atoms with van der Waals surface area (Å²) < 4.78 is 5.43. The zero-order valence-electron chi connectivity index (χ0n) is 16.4. The van der Waals surface area contributed by atoms with Gasteiger partial charge >= 0.3 is 0 Å². The van der Waals surface area contributed by atoms with Crippen LogP contribution in [-0.2, 0) is 0 Å². The zero-order valence-corrected chi connectivity index (χ0v) is 16.4. The van der Waals surface area contributed by atoms with E-state index < -0.39 is 0 Å². The quantitative estimate of drug-likeness (QED) is 0.356. The van der Waals surface area contributed by atoms with Crippen LogP contribution in [0.3, 0.4) is 0 Å². The van der Waals surface area contributed by atoms with Crippen molar-refractivity contribution in [2.45, 2.75) is 26.2 Å². The largest absolute Gasteiger partial charge is 0.442 e. The van der Waals surface area contributed by atoms with Gasteiger partial charge in [0.05, 0.1) is 0 Å². The number of hydrogen-bond acceptors (Lipinski definition) is 2. The van der Waals surface area contributed by atoms with E-state index in [0.717, 1.165) is 24.8 Å². The number of ether oxygens (including phenoxy) is 1. The average Bonchev–Trinajstić information content (AvgIpc) is 2.73. The molecular weight excluding hydrogens is 342 g/mol. The number of benzene rings is 3. The number of nitrogens with two attached hydrogens (primary N) is 1. The van der Waals surface area contributed by atoms with E-state index in [9.17, 15) is 0 Å². The number of unbranched alkanes of at least 4 members (excludes halogenated alkanes) is 1. The Kier molecular flexibility index (Phi) is 6.69. The Morgan fingerprint density at radius 2 is 1.32 bits per heavy atom. The monoisotopic (exact) mass is 369 g/mol. The first kappa shape index (κ1) is 19.5. The van der Waals surface area contributed by atoms with Crippen LogP contribution in [0, 0.1) is 0 Å². The van der Waals surface area contributed by atoms with Crippen LogP contribution in [0.1, 0.15) is 42.9 Å². The van der Waals surface area contributed by atoms with Gasteiger partial charge in [0, 0.05) is 0 Å². The minimum absolute atomic E-state index is 0.194. The lowest BCUT2D eigenvalue weighted by molar-refractivity contribution is 0.422. The summed E-state index contributed by atoms with van der Waals surface area (Å²) in [5.74, 6) is 0.887. The van der Waals surface area contributed by atoms with E-state index in [2.05, 4.69) is 86.3 Å². The molecule has 0 bridgehead atoms. The van der Waals surface area contributed by atoms with Crippen LogP contribution < -0.4 is 10.5 Å². The molecule has 3 rings (SSSR count). The van der Waals surface area contributed by atoms with Gasteiger partial charge in [0.1, 0.15) is 5.75 Å². The van der Waals surface area contributed by atoms with Crippen molar-refractivity contribution < 1.29 is 4.74 Å². The molecular formula is C26H27NO. The van der Waals surface area contributed by atoms with Crippen molar-refractivity contribution in [3.63, 3.8) is 0 Å². The fourth-order valence-corrected chi connectivity index (χ4v) is 3.37. The van der Waals surface area contributed by atoms with Gasteiger partial charge in [-0.25, -0.2) is 0 Å². The molecule has 0 aromatic heterocycles. The fourth-order valence-electron chi connectivity index (χ4n) is 3.37. The van der Waals surface area contributed by atoms with Crippen LogP contribution in [-0.4, -0.2) is 0 Å². The standard InChI is InChI=1S/C26H27NO/c1-3-4-15-25(21-11-7-5-8-12-21)26(22-13-9-6-10-14-22)23-16-18-24(19-17-23)28-20(2)27/h5-14,16-19H,2-4,15,27H2,1H3/b26-25-. The third-order valence-electron chi connectivity index (χ3n) is 4.66. The predicted octanol–water partition coefficient (Wildman–Crippen LogP) is 6.64. The smallest absolute Gasteiger partial charge is 0.183 e. The van der Waals surface area contributed by atoms with Crippen molar-refractivity contribution in [1.29, 1.82) is 0 Å². The minimum atomic E-state index is 0.194. The van der Waals surface area contributed by atoms with Crippen molar-refractivity contribution >= 4 is 11.1 Å². The summed E-state index contributed by atoms with van der Waals surface area (Å²) in [7, 11) is 0. The van der Waals surface area contributed by atoms with Crippen LogP contribution in [0.5, 0.6) is 5.75 Å². The SMILES string of the molecule is C=C(N)Oc1ccc(/C(=C(/CCCC)c2ccccc2)c2ccccc2)cc1. The molecule has 3 aromatic carbocycles. The summed E-state index contributed by atoms with van der Waals surface area (Å²) in [5.41, 5.74) is 11.8. The second-order valence-electron chi connectivity index (χ2n) is 6.78. The molecule has 0 saturated carbocycles. The van der Waals surface area contributed by atoms with E-state index in [1.807, 2.05) is 12.1 Å². The van der Waals surface area contributed by atoms with E-state index >= 15 is 0 Å². The Bertz CT molecular complexity index is 925. The molecule has 0 aliphatic heterocycles. The molecule has 0 amide bonds. The van der Waals surface area contributed by atoms with E-state index in [1.54, 1.807) is 0 Å². The highest BCUT2D eigenvalue weighted by molar-refractivity contribution is 5.98. The summed E-state index contributed by atoms with van der Waals surface area (Å²) in [4.78, 5) is 0. The summed E-state index contributed by atoms with van der Waals surface area (Å²) in [6, 6.07) is 29.3. The third kappa shape index (κ3) is 4.92. The Hall–Kier alpha value is -3.26. The van der Waals surface area contributed by atoms with E-state index in [4.69, 9.17) is 10.5 Å². The van der Waals surface area contributed by atoms with Crippen molar-refractivity contribution in [1.82, 2.24) is 0 Å². The van der Waals surface area contributed by atoms with Gasteiger partial charge in [-0.3, -0.25) is 0 Å². The van der Waals surface area contributed by atoms with Crippen LogP contribution in [0.4, 0.5) is 0 Å². The van der Waals surface area contributed by atoms with Gasteiger partial charge in [-0.2, -0.15) is 0 Å². The van der Waals surface area contributed by atoms with Gasteiger partial charge in [-0.15, -0.1) is 0 Å². The van der Waals surface area contributed by atoms with Gasteiger partial charge in [0.25, 0.3) is 0 Å². The fraction of sp³-hybridized carbons (Fsp3) is 0.154. The lowest BCUT2D eigenvalue weighted by Crippen LogP contribution is -2.03. The first-order valence-electron chi connectivity index (χ1n) is 9.75. The maximum Gasteiger partial charge on any atom is 0.183 e. The Morgan fingerprint density at radius 1 is 0.786 bits per heavy atom. The maximum atomic E-state index is 5.57. The van der Waals surface area contributed by atoms with Gasteiger partial charge in [-0.05, 0) is 59.4 Å². The van der Waals surface area contributed by atoms with E-state index in [-0.39, 0.29) is 5.88 Å². The molecule has 28 heavy (non-hydrogen) atoms. The summed E-state index contributed by atoms with van der Waals surface area (Å²) in [6.07, 6.45) is 3.33.